The molecule has 94 valence electrons. The lowest BCUT2D eigenvalue weighted by atomic mass is 10.1. The molecule has 3 nitrogen and oxygen atoms in total. The van der Waals surface area contributed by atoms with Crippen molar-refractivity contribution in [2.75, 3.05) is 18.8 Å². The first-order valence-electron chi connectivity index (χ1n) is 5.42. The SMILES string of the molecule is CC1CCN(C(=O)c2ccc(N)cc2Cl)C1.Cl. The lowest BCUT2D eigenvalue weighted by Crippen LogP contribution is -2.28. The Morgan fingerprint density at radius 3 is 2.76 bits per heavy atom. The number of rotatable bonds is 1. The number of hydrogen-bond donors (Lipinski definition) is 1. The van der Waals surface area contributed by atoms with E-state index in [4.69, 9.17) is 17.3 Å². The third-order valence-corrected chi connectivity index (χ3v) is 3.25. The first-order chi connectivity index (χ1) is 7.58. The molecule has 0 aliphatic carbocycles. The number of amides is 1. The van der Waals surface area contributed by atoms with Crippen molar-refractivity contribution in [1.82, 2.24) is 4.90 Å². The second kappa shape index (κ2) is 5.61. The van der Waals surface area contributed by atoms with E-state index >= 15 is 0 Å². The highest BCUT2D eigenvalue weighted by Gasteiger charge is 2.25. The average Bonchev–Trinajstić information content (AvgIpc) is 2.64. The Hall–Kier alpha value is -0.930. The zero-order valence-corrected chi connectivity index (χ0v) is 11.2. The van der Waals surface area contributed by atoms with Crippen molar-refractivity contribution in [3.8, 4) is 0 Å². The summed E-state index contributed by atoms with van der Waals surface area (Å²) in [6.07, 6.45) is 1.07. The predicted octanol–water partition coefficient (Wildman–Crippen LogP) is 2.83. The first-order valence-corrected chi connectivity index (χ1v) is 5.80. The summed E-state index contributed by atoms with van der Waals surface area (Å²) in [7, 11) is 0. The number of anilines is 1. The fourth-order valence-corrected chi connectivity index (χ4v) is 2.26. The predicted molar refractivity (Wildman–Crippen MR) is 72.8 cm³/mol. The molecule has 1 heterocycles. The van der Waals surface area contributed by atoms with E-state index in [-0.39, 0.29) is 18.3 Å². The molecule has 1 aliphatic rings. The highest BCUT2D eigenvalue weighted by molar-refractivity contribution is 6.34. The molecule has 2 rings (SSSR count). The Morgan fingerprint density at radius 1 is 1.53 bits per heavy atom. The van der Waals surface area contributed by atoms with Gasteiger partial charge in [-0.05, 0) is 30.5 Å². The van der Waals surface area contributed by atoms with Gasteiger partial charge < -0.3 is 10.6 Å². The highest BCUT2D eigenvalue weighted by Crippen LogP contribution is 2.23. The molecule has 0 bridgehead atoms. The minimum atomic E-state index is 0. The molecule has 1 amide bonds. The quantitative estimate of drug-likeness (QED) is 0.801. The summed E-state index contributed by atoms with van der Waals surface area (Å²) in [5, 5.41) is 0.435. The van der Waals surface area contributed by atoms with Crippen molar-refractivity contribution in [3.05, 3.63) is 28.8 Å². The molecule has 0 radical (unpaired) electrons. The largest absolute Gasteiger partial charge is 0.399 e. The summed E-state index contributed by atoms with van der Waals surface area (Å²) in [6.45, 7) is 3.79. The van der Waals surface area contributed by atoms with E-state index in [9.17, 15) is 4.79 Å². The summed E-state index contributed by atoms with van der Waals surface area (Å²) in [5.41, 5.74) is 6.72. The lowest BCUT2D eigenvalue weighted by Gasteiger charge is -2.16. The Kier molecular flexibility index (Phi) is 4.66. The maximum absolute atomic E-state index is 12.1. The highest BCUT2D eigenvalue weighted by atomic mass is 35.5. The smallest absolute Gasteiger partial charge is 0.255 e. The summed E-state index contributed by atoms with van der Waals surface area (Å²) in [5.74, 6) is 0.589. The van der Waals surface area contributed by atoms with E-state index in [1.807, 2.05) is 4.90 Å². The summed E-state index contributed by atoms with van der Waals surface area (Å²) >= 11 is 6.01. The maximum atomic E-state index is 12.1. The van der Waals surface area contributed by atoms with Gasteiger partial charge in [-0.1, -0.05) is 18.5 Å². The van der Waals surface area contributed by atoms with Crippen LogP contribution in [0.2, 0.25) is 5.02 Å². The summed E-state index contributed by atoms with van der Waals surface area (Å²) in [6, 6.07) is 5.02. The van der Waals surface area contributed by atoms with Crippen molar-refractivity contribution in [1.29, 1.82) is 0 Å². The molecule has 1 atom stereocenters. The lowest BCUT2D eigenvalue weighted by molar-refractivity contribution is 0.0788. The van der Waals surface area contributed by atoms with Gasteiger partial charge in [0.25, 0.3) is 5.91 Å². The molecule has 0 spiro atoms. The number of benzene rings is 1. The number of likely N-dealkylation sites (tertiary alicyclic amines) is 1. The number of nitrogens with two attached hydrogens (primary N) is 1. The van der Waals surface area contributed by atoms with Crippen molar-refractivity contribution in [3.63, 3.8) is 0 Å². The van der Waals surface area contributed by atoms with Gasteiger partial charge in [-0.2, -0.15) is 0 Å². The maximum Gasteiger partial charge on any atom is 0.255 e. The molecule has 5 heteroatoms. The normalized spacial score (nSPS) is 18.9. The van der Waals surface area contributed by atoms with Crippen LogP contribution < -0.4 is 5.73 Å². The Labute approximate surface area is 112 Å². The number of halogens is 2. The number of nitrogen functional groups attached to an aromatic ring is 1. The number of carbonyl (C=O) groups excluding carboxylic acids is 1. The molecular formula is C12H16Cl2N2O. The second-order valence-electron chi connectivity index (χ2n) is 4.38. The Bertz CT molecular complexity index is 423. The van der Waals surface area contributed by atoms with Crippen LogP contribution in [0.1, 0.15) is 23.7 Å². The molecule has 1 aromatic rings. The second-order valence-corrected chi connectivity index (χ2v) is 4.79. The first kappa shape index (κ1) is 14.1. The van der Waals surface area contributed by atoms with E-state index in [2.05, 4.69) is 6.92 Å². The van der Waals surface area contributed by atoms with Crippen LogP contribution in [0.5, 0.6) is 0 Å². The van der Waals surface area contributed by atoms with Gasteiger partial charge in [0.05, 0.1) is 10.6 Å². The number of carbonyl (C=O) groups is 1. The van der Waals surface area contributed by atoms with Gasteiger partial charge in [0, 0.05) is 18.8 Å². The van der Waals surface area contributed by atoms with Gasteiger partial charge in [0.15, 0.2) is 0 Å². The molecule has 1 fully saturated rings. The van der Waals surface area contributed by atoms with E-state index in [1.54, 1.807) is 18.2 Å². The topological polar surface area (TPSA) is 46.3 Å². The van der Waals surface area contributed by atoms with Gasteiger partial charge in [-0.25, -0.2) is 0 Å². The molecular weight excluding hydrogens is 259 g/mol. The van der Waals surface area contributed by atoms with Crippen LogP contribution in [-0.4, -0.2) is 23.9 Å². The summed E-state index contributed by atoms with van der Waals surface area (Å²) in [4.78, 5) is 14.0. The van der Waals surface area contributed by atoms with Gasteiger partial charge in [-0.15, -0.1) is 12.4 Å². The van der Waals surface area contributed by atoms with Crippen LogP contribution in [0.4, 0.5) is 5.69 Å². The van der Waals surface area contributed by atoms with Crippen molar-refractivity contribution in [2.24, 2.45) is 5.92 Å². The molecule has 1 saturated heterocycles. The number of nitrogens with zero attached hydrogens (tertiary/aromatic N) is 1. The third-order valence-electron chi connectivity index (χ3n) is 2.93. The zero-order valence-electron chi connectivity index (χ0n) is 9.65. The summed E-state index contributed by atoms with van der Waals surface area (Å²) < 4.78 is 0. The van der Waals surface area contributed by atoms with Crippen LogP contribution in [0.3, 0.4) is 0 Å². The fourth-order valence-electron chi connectivity index (χ4n) is 1.99. The van der Waals surface area contributed by atoms with Crippen molar-refractivity contribution < 1.29 is 4.79 Å². The molecule has 0 saturated carbocycles. The van der Waals surface area contributed by atoms with E-state index < -0.39 is 0 Å². The molecule has 17 heavy (non-hydrogen) atoms. The van der Waals surface area contributed by atoms with Gasteiger partial charge >= 0.3 is 0 Å². The van der Waals surface area contributed by atoms with Crippen LogP contribution in [0, 0.1) is 5.92 Å². The molecule has 2 N–H and O–H groups in total. The monoisotopic (exact) mass is 274 g/mol. The fraction of sp³-hybridized carbons (Fsp3) is 0.417. The van der Waals surface area contributed by atoms with Gasteiger partial charge in [-0.3, -0.25) is 4.79 Å². The minimum absolute atomic E-state index is 0. The van der Waals surface area contributed by atoms with Crippen LogP contribution in [0.25, 0.3) is 0 Å². The standard InChI is InChI=1S/C12H15ClN2O.ClH/c1-8-4-5-15(7-8)12(16)10-3-2-9(14)6-11(10)13;/h2-3,6,8H,4-5,7,14H2,1H3;1H. The average molecular weight is 275 g/mol. The number of hydrogen-bond acceptors (Lipinski definition) is 2. The minimum Gasteiger partial charge on any atom is -0.399 e. The van der Waals surface area contributed by atoms with Crippen molar-refractivity contribution >= 4 is 35.6 Å². The van der Waals surface area contributed by atoms with Gasteiger partial charge in [0.2, 0.25) is 0 Å². The van der Waals surface area contributed by atoms with E-state index in [0.717, 1.165) is 19.5 Å². The van der Waals surface area contributed by atoms with Crippen molar-refractivity contribution in [2.45, 2.75) is 13.3 Å². The molecule has 1 aromatic carbocycles. The van der Waals surface area contributed by atoms with Gasteiger partial charge in [0.1, 0.15) is 0 Å². The van der Waals surface area contributed by atoms with E-state index in [1.165, 1.54) is 0 Å². The van der Waals surface area contributed by atoms with Crippen LogP contribution in [-0.2, 0) is 0 Å². The zero-order chi connectivity index (χ0) is 11.7. The Balaban J connectivity index is 0.00000144. The molecule has 1 unspecified atom stereocenters. The third kappa shape index (κ3) is 3.05. The molecule has 0 aromatic heterocycles. The Morgan fingerprint density at radius 2 is 2.24 bits per heavy atom. The molecule has 1 aliphatic heterocycles. The van der Waals surface area contributed by atoms with E-state index in [0.29, 0.717) is 22.2 Å². The van der Waals surface area contributed by atoms with Crippen LogP contribution in [0.15, 0.2) is 18.2 Å². The van der Waals surface area contributed by atoms with Crippen LogP contribution >= 0.6 is 24.0 Å².